The minimum absolute atomic E-state index is 0.149. The van der Waals surface area contributed by atoms with Gasteiger partial charge in [-0.25, -0.2) is 0 Å². The van der Waals surface area contributed by atoms with E-state index in [0.717, 1.165) is 0 Å². The van der Waals surface area contributed by atoms with Crippen LogP contribution >= 0.6 is 0 Å². The fraction of sp³-hybridized carbons (Fsp3) is 0.520. The van der Waals surface area contributed by atoms with Gasteiger partial charge in [0.25, 0.3) is 0 Å². The molecule has 0 aliphatic carbocycles. The Morgan fingerprint density at radius 3 is 2.44 bits per heavy atom. The fourth-order valence-corrected chi connectivity index (χ4v) is 3.40. The molecular formula is C25H36N2O7. The molecule has 3 N–H and O–H groups in total. The van der Waals surface area contributed by atoms with Gasteiger partial charge in [0, 0.05) is 25.7 Å². The van der Waals surface area contributed by atoms with Crippen LogP contribution in [0.15, 0.2) is 36.4 Å². The number of hydrogen-bond donors (Lipinski definition) is 3. The van der Waals surface area contributed by atoms with Crippen LogP contribution in [-0.4, -0.2) is 77.0 Å². The quantitative estimate of drug-likeness (QED) is 0.355. The van der Waals surface area contributed by atoms with Crippen LogP contribution in [0.1, 0.15) is 13.8 Å². The lowest BCUT2D eigenvalue weighted by Crippen LogP contribution is -2.39. The van der Waals surface area contributed by atoms with Crippen LogP contribution in [0.2, 0.25) is 0 Å². The molecular weight excluding hydrogens is 440 g/mol. The molecule has 0 fully saturated rings. The Bertz CT molecular complexity index is 871. The average molecular weight is 477 g/mol. The summed E-state index contributed by atoms with van der Waals surface area (Å²) in [5.41, 5.74) is 0. The van der Waals surface area contributed by atoms with E-state index >= 15 is 0 Å². The third-order valence-electron chi connectivity index (χ3n) is 5.12. The molecule has 9 heteroatoms. The van der Waals surface area contributed by atoms with Crippen molar-refractivity contribution >= 4 is 0 Å². The summed E-state index contributed by atoms with van der Waals surface area (Å²) in [4.78, 5) is 0. The number of benzene rings is 2. The molecule has 1 aliphatic rings. The van der Waals surface area contributed by atoms with Crippen molar-refractivity contribution in [2.45, 2.75) is 32.1 Å². The molecule has 2 atom stereocenters. The Balaban J connectivity index is 1.43. The highest BCUT2D eigenvalue weighted by Gasteiger charge is 2.24. The van der Waals surface area contributed by atoms with Gasteiger partial charge in [0.1, 0.15) is 32.0 Å². The molecule has 0 saturated carbocycles. The normalized spacial score (nSPS) is 15.6. The predicted molar refractivity (Wildman–Crippen MR) is 129 cm³/mol. The van der Waals surface area contributed by atoms with Crippen molar-refractivity contribution in [1.29, 1.82) is 0 Å². The van der Waals surface area contributed by atoms with E-state index in [0.29, 0.717) is 73.4 Å². The number of methoxy groups -OCH3 is 2. The summed E-state index contributed by atoms with van der Waals surface area (Å²) in [6, 6.07) is 11.3. The monoisotopic (exact) mass is 476 g/mol. The van der Waals surface area contributed by atoms with Gasteiger partial charge in [-0.05, 0) is 24.3 Å². The van der Waals surface area contributed by atoms with E-state index in [1.54, 1.807) is 14.2 Å². The van der Waals surface area contributed by atoms with Crippen LogP contribution in [0.25, 0.3) is 0 Å². The van der Waals surface area contributed by atoms with Crippen LogP contribution in [0, 0.1) is 0 Å². The van der Waals surface area contributed by atoms with E-state index < -0.39 is 6.10 Å². The Kier molecular flexibility index (Phi) is 9.93. The first kappa shape index (κ1) is 25.7. The first-order valence-corrected chi connectivity index (χ1v) is 11.5. The van der Waals surface area contributed by atoms with Gasteiger partial charge in [0.2, 0.25) is 11.5 Å². The third-order valence-corrected chi connectivity index (χ3v) is 5.12. The number of rotatable bonds is 14. The Labute approximate surface area is 201 Å². The summed E-state index contributed by atoms with van der Waals surface area (Å²) >= 11 is 0. The second kappa shape index (κ2) is 13.1. The van der Waals surface area contributed by atoms with Gasteiger partial charge in [-0.2, -0.15) is 0 Å². The first-order valence-electron chi connectivity index (χ1n) is 11.5. The summed E-state index contributed by atoms with van der Waals surface area (Å²) in [7, 11) is 3.20. The van der Waals surface area contributed by atoms with Crippen molar-refractivity contribution < 1.29 is 33.5 Å². The number of ether oxygens (including phenoxy) is 6. The molecule has 1 aliphatic heterocycles. The standard InChI is InChI=1S/C25H36N2O7/c1-17(2)27-13-18(28)15-32-22-9-6-10-23-25(22)33-16-19(34-23)14-26-11-12-31-24-20(29-3)7-5-8-21(24)30-4/h5-10,17-19,26-28H,11-16H2,1-4H3. The van der Waals surface area contributed by atoms with Gasteiger partial charge in [0.15, 0.2) is 23.0 Å². The molecule has 2 unspecified atom stereocenters. The van der Waals surface area contributed by atoms with E-state index in [4.69, 9.17) is 28.4 Å². The van der Waals surface area contributed by atoms with Crippen molar-refractivity contribution in [3.8, 4) is 34.5 Å². The summed E-state index contributed by atoms with van der Waals surface area (Å²) in [6.07, 6.45) is -0.762. The van der Waals surface area contributed by atoms with E-state index in [9.17, 15) is 5.11 Å². The number of aliphatic hydroxyl groups is 1. The SMILES string of the molecule is COc1cccc(OC)c1OCCNCC1COc2c(OCC(O)CNC(C)C)cccc2O1. The Hall–Kier alpha value is -2.88. The molecule has 2 aromatic carbocycles. The largest absolute Gasteiger partial charge is 0.493 e. The van der Waals surface area contributed by atoms with E-state index in [-0.39, 0.29) is 12.7 Å². The summed E-state index contributed by atoms with van der Waals surface area (Å²) in [5.74, 6) is 3.59. The third kappa shape index (κ3) is 7.31. The van der Waals surface area contributed by atoms with Gasteiger partial charge in [-0.1, -0.05) is 26.0 Å². The molecule has 9 nitrogen and oxygen atoms in total. The lowest BCUT2D eigenvalue weighted by atomic mass is 10.2. The zero-order chi connectivity index (χ0) is 24.3. The number of nitrogens with one attached hydrogen (secondary N) is 2. The average Bonchev–Trinajstić information content (AvgIpc) is 2.85. The van der Waals surface area contributed by atoms with Crippen molar-refractivity contribution in [1.82, 2.24) is 10.6 Å². The second-order valence-corrected chi connectivity index (χ2v) is 8.21. The molecule has 0 spiro atoms. The van der Waals surface area contributed by atoms with Gasteiger partial charge in [-0.15, -0.1) is 0 Å². The van der Waals surface area contributed by atoms with Crippen molar-refractivity contribution in [3.05, 3.63) is 36.4 Å². The topological polar surface area (TPSA) is 99.7 Å². The molecule has 0 aromatic heterocycles. The highest BCUT2D eigenvalue weighted by Crippen LogP contribution is 2.40. The minimum atomic E-state index is -0.613. The molecule has 1 heterocycles. The lowest BCUT2D eigenvalue weighted by Gasteiger charge is -2.28. The van der Waals surface area contributed by atoms with Crippen LogP contribution in [0.5, 0.6) is 34.5 Å². The van der Waals surface area contributed by atoms with Crippen LogP contribution in [-0.2, 0) is 0 Å². The Morgan fingerprint density at radius 1 is 1.03 bits per heavy atom. The first-order chi connectivity index (χ1) is 16.5. The fourth-order valence-electron chi connectivity index (χ4n) is 3.40. The number of fused-ring (bicyclic) bond motifs is 1. The molecule has 0 saturated heterocycles. The minimum Gasteiger partial charge on any atom is -0.493 e. The van der Waals surface area contributed by atoms with E-state index in [2.05, 4.69) is 10.6 Å². The molecule has 188 valence electrons. The molecule has 0 bridgehead atoms. The van der Waals surface area contributed by atoms with Crippen LogP contribution in [0.4, 0.5) is 0 Å². The van der Waals surface area contributed by atoms with Crippen molar-refractivity contribution in [2.75, 3.05) is 53.7 Å². The summed E-state index contributed by atoms with van der Waals surface area (Å²) in [5, 5.41) is 16.6. The van der Waals surface area contributed by atoms with Crippen LogP contribution < -0.4 is 39.1 Å². The van der Waals surface area contributed by atoms with E-state index in [1.165, 1.54) is 0 Å². The Morgan fingerprint density at radius 2 is 1.74 bits per heavy atom. The summed E-state index contributed by atoms with van der Waals surface area (Å²) < 4.78 is 34.3. The second-order valence-electron chi connectivity index (χ2n) is 8.21. The summed E-state index contributed by atoms with van der Waals surface area (Å²) in [6.45, 7) is 6.72. The highest BCUT2D eigenvalue weighted by atomic mass is 16.6. The predicted octanol–water partition coefficient (Wildman–Crippen LogP) is 2.25. The maximum atomic E-state index is 10.1. The van der Waals surface area contributed by atoms with Crippen LogP contribution in [0.3, 0.4) is 0 Å². The van der Waals surface area contributed by atoms with Gasteiger partial charge < -0.3 is 44.2 Å². The molecule has 3 rings (SSSR count). The van der Waals surface area contributed by atoms with Gasteiger partial charge in [0.05, 0.1) is 14.2 Å². The smallest absolute Gasteiger partial charge is 0.203 e. The molecule has 0 radical (unpaired) electrons. The molecule has 0 amide bonds. The maximum absolute atomic E-state index is 10.1. The highest BCUT2D eigenvalue weighted by molar-refractivity contribution is 5.52. The van der Waals surface area contributed by atoms with Crippen molar-refractivity contribution in [2.24, 2.45) is 0 Å². The zero-order valence-electron chi connectivity index (χ0n) is 20.3. The number of para-hydroxylation sites is 2. The lowest BCUT2D eigenvalue weighted by molar-refractivity contribution is 0.0767. The van der Waals surface area contributed by atoms with Gasteiger partial charge in [-0.3, -0.25) is 0 Å². The number of hydrogen-bond acceptors (Lipinski definition) is 9. The maximum Gasteiger partial charge on any atom is 0.203 e. The number of aliphatic hydroxyl groups excluding tert-OH is 1. The zero-order valence-corrected chi connectivity index (χ0v) is 20.3. The molecule has 34 heavy (non-hydrogen) atoms. The molecule has 2 aromatic rings. The van der Waals surface area contributed by atoms with Crippen molar-refractivity contribution in [3.63, 3.8) is 0 Å². The van der Waals surface area contributed by atoms with E-state index in [1.807, 2.05) is 50.2 Å². The van der Waals surface area contributed by atoms with Gasteiger partial charge >= 0.3 is 0 Å².